The first-order valence-corrected chi connectivity index (χ1v) is 14.2. The van der Waals surface area contributed by atoms with E-state index >= 15 is 0 Å². The number of carbonyl (C=O) groups excluding carboxylic acids is 2. The number of fused-ring (bicyclic) bond motifs is 1. The van der Waals surface area contributed by atoms with Crippen LogP contribution in [0.3, 0.4) is 0 Å². The molecule has 2 aliphatic rings. The van der Waals surface area contributed by atoms with Crippen LogP contribution in [-0.2, 0) is 17.5 Å². The number of hydrogen-bond acceptors (Lipinski definition) is 7. The number of rotatable bonds is 10. The summed E-state index contributed by atoms with van der Waals surface area (Å²) in [5, 5.41) is 17.4. The summed E-state index contributed by atoms with van der Waals surface area (Å²) in [6.07, 6.45) is -11.9. The molecule has 2 amide bonds. The molecule has 0 unspecified atom stereocenters. The van der Waals surface area contributed by atoms with Crippen molar-refractivity contribution in [2.75, 3.05) is 11.9 Å². The predicted molar refractivity (Wildman–Crippen MR) is 145 cm³/mol. The number of H-pyrrole nitrogens is 1. The van der Waals surface area contributed by atoms with E-state index in [-0.39, 0.29) is 73.3 Å². The largest absolute Gasteiger partial charge is 0.471 e. The van der Waals surface area contributed by atoms with Crippen LogP contribution in [-0.4, -0.2) is 62.7 Å². The summed E-state index contributed by atoms with van der Waals surface area (Å²) in [7, 11) is 0. The summed E-state index contributed by atoms with van der Waals surface area (Å²) in [4.78, 5) is 35.9. The van der Waals surface area contributed by atoms with Crippen LogP contribution >= 0.6 is 0 Å². The number of nitrogens with zero attached hydrogens (tertiary/aromatic N) is 2. The van der Waals surface area contributed by atoms with Crippen LogP contribution < -0.4 is 20.7 Å². The normalized spacial score (nSPS) is 19.6. The molecule has 5 rings (SSSR count). The van der Waals surface area contributed by atoms with E-state index in [1.54, 1.807) is 0 Å². The van der Waals surface area contributed by atoms with Crippen molar-refractivity contribution in [1.29, 1.82) is 0 Å². The monoisotopic (exact) mass is 664 g/mol. The number of pyridine rings is 1. The number of halogens is 8. The number of nitrogens with one attached hydrogen (secondary N) is 4. The van der Waals surface area contributed by atoms with E-state index in [0.717, 1.165) is 24.3 Å². The van der Waals surface area contributed by atoms with Gasteiger partial charge < -0.3 is 30.8 Å². The molecule has 0 aliphatic heterocycles. The molecule has 3 aromatic rings. The topological polar surface area (TPSA) is 141 Å². The summed E-state index contributed by atoms with van der Waals surface area (Å²) >= 11 is 0. The zero-order chi connectivity index (χ0) is 33.4. The number of ether oxygens (including phenoxy) is 1. The fourth-order valence-corrected chi connectivity index (χ4v) is 5.10. The SMILES string of the molecule is O=C(N[C@H]1CC[C@H](C(F)(F)F)CC1)c1cc2nc(Nc3cc(CNC(=O)C4(O)CC4)ccc3C(F)(F)F)[nH]c2nc1OCC(F)F. The third-order valence-corrected chi connectivity index (χ3v) is 7.79. The van der Waals surface area contributed by atoms with Crippen molar-refractivity contribution in [3.05, 3.63) is 41.0 Å². The Morgan fingerprint density at radius 3 is 2.35 bits per heavy atom. The minimum atomic E-state index is -4.81. The molecule has 2 aliphatic carbocycles. The van der Waals surface area contributed by atoms with Gasteiger partial charge in [-0.25, -0.2) is 13.8 Å². The van der Waals surface area contributed by atoms with Crippen LogP contribution in [0, 0.1) is 5.92 Å². The maximum Gasteiger partial charge on any atom is 0.418 e. The maximum absolute atomic E-state index is 13.8. The van der Waals surface area contributed by atoms with Gasteiger partial charge in [-0.05, 0) is 62.3 Å². The lowest BCUT2D eigenvalue weighted by atomic mass is 9.85. The van der Waals surface area contributed by atoms with Gasteiger partial charge in [-0.1, -0.05) is 6.07 Å². The Bertz CT molecular complexity index is 1600. The number of carbonyl (C=O) groups is 2. The zero-order valence-electron chi connectivity index (χ0n) is 23.8. The number of benzene rings is 1. The van der Waals surface area contributed by atoms with E-state index in [0.29, 0.717) is 0 Å². The molecule has 2 heterocycles. The van der Waals surface area contributed by atoms with E-state index in [1.165, 1.54) is 0 Å². The van der Waals surface area contributed by atoms with Crippen molar-refractivity contribution in [1.82, 2.24) is 25.6 Å². The smallest absolute Gasteiger partial charge is 0.418 e. The van der Waals surface area contributed by atoms with Gasteiger partial charge in [0, 0.05) is 12.6 Å². The van der Waals surface area contributed by atoms with Gasteiger partial charge in [0.15, 0.2) is 12.3 Å². The molecule has 10 nitrogen and oxygen atoms in total. The molecule has 46 heavy (non-hydrogen) atoms. The molecular formula is C28H28F8N6O4. The minimum Gasteiger partial charge on any atom is -0.471 e. The van der Waals surface area contributed by atoms with Crippen molar-refractivity contribution in [3.8, 4) is 5.88 Å². The second kappa shape index (κ2) is 12.5. The molecule has 2 saturated carbocycles. The van der Waals surface area contributed by atoms with Crippen molar-refractivity contribution in [2.45, 2.75) is 75.5 Å². The highest BCUT2D eigenvalue weighted by Crippen LogP contribution is 2.39. The van der Waals surface area contributed by atoms with Gasteiger partial charge in [0.1, 0.15) is 16.7 Å². The molecule has 18 heteroatoms. The maximum atomic E-state index is 13.8. The van der Waals surface area contributed by atoms with Gasteiger partial charge in [0.25, 0.3) is 18.2 Å². The average molecular weight is 665 g/mol. The van der Waals surface area contributed by atoms with Gasteiger partial charge in [-0.2, -0.15) is 31.3 Å². The highest BCUT2D eigenvalue weighted by atomic mass is 19.4. The van der Waals surface area contributed by atoms with Crippen LogP contribution in [0.4, 0.5) is 46.8 Å². The first-order chi connectivity index (χ1) is 21.5. The molecule has 5 N–H and O–H groups in total. The molecule has 0 saturated heterocycles. The second-order valence-corrected chi connectivity index (χ2v) is 11.3. The number of anilines is 2. The number of aromatic amines is 1. The highest BCUT2D eigenvalue weighted by molar-refractivity contribution is 5.99. The standard InChI is InChI=1S/C28H28F8N6O4/c29-20(30)12-46-23-16(22(43)38-15-4-2-14(3-5-15)27(31,32)33)10-19-21(41-23)42-25(40-19)39-18-9-13(1-6-17(18)28(34,35)36)11-37-24(44)26(45)7-8-26/h1,6,9-10,14-15,20,45H,2-5,7-8,11-12H2,(H,37,44)(H,38,43)(H2,39,40,41,42)/t14-,15-. The van der Waals surface area contributed by atoms with E-state index in [9.17, 15) is 49.8 Å². The van der Waals surface area contributed by atoms with Gasteiger partial charge in [0.05, 0.1) is 17.2 Å². The number of alkyl halides is 8. The number of amides is 2. The van der Waals surface area contributed by atoms with E-state index in [2.05, 4.69) is 30.9 Å². The molecule has 2 aromatic heterocycles. The van der Waals surface area contributed by atoms with Crippen molar-refractivity contribution < 1.29 is 54.6 Å². The molecular weight excluding hydrogens is 636 g/mol. The summed E-state index contributed by atoms with van der Waals surface area (Å²) in [5.74, 6) is -3.83. The first kappa shape index (κ1) is 33.2. The molecule has 1 aromatic carbocycles. The Kier molecular flexibility index (Phi) is 9.03. The Labute approximate surface area is 255 Å². The lowest BCUT2D eigenvalue weighted by Crippen LogP contribution is -2.40. The summed E-state index contributed by atoms with van der Waals surface area (Å²) < 4.78 is 111. The quantitative estimate of drug-likeness (QED) is 0.184. The van der Waals surface area contributed by atoms with Crippen LogP contribution in [0.2, 0.25) is 0 Å². The average Bonchev–Trinajstić information content (AvgIpc) is 3.61. The van der Waals surface area contributed by atoms with Gasteiger partial charge in [-0.15, -0.1) is 0 Å². The van der Waals surface area contributed by atoms with Crippen molar-refractivity contribution in [2.24, 2.45) is 5.92 Å². The van der Waals surface area contributed by atoms with Crippen LogP contribution in [0.15, 0.2) is 24.3 Å². The number of aliphatic hydroxyl groups is 1. The summed E-state index contributed by atoms with van der Waals surface area (Å²) in [6.45, 7) is -1.33. The first-order valence-electron chi connectivity index (χ1n) is 14.2. The molecule has 250 valence electrons. The predicted octanol–water partition coefficient (Wildman–Crippen LogP) is 5.36. The Hall–Kier alpha value is -4.22. The fourth-order valence-electron chi connectivity index (χ4n) is 5.10. The van der Waals surface area contributed by atoms with Crippen LogP contribution in [0.5, 0.6) is 5.88 Å². The van der Waals surface area contributed by atoms with Crippen molar-refractivity contribution in [3.63, 3.8) is 0 Å². The minimum absolute atomic E-state index is 0.0282. The van der Waals surface area contributed by atoms with E-state index < -0.39 is 71.9 Å². The second-order valence-electron chi connectivity index (χ2n) is 11.3. The lowest BCUT2D eigenvalue weighted by molar-refractivity contribution is -0.182. The van der Waals surface area contributed by atoms with E-state index in [1.807, 2.05) is 0 Å². The van der Waals surface area contributed by atoms with Crippen molar-refractivity contribution >= 4 is 34.6 Å². The highest BCUT2D eigenvalue weighted by Gasteiger charge is 2.48. The molecule has 0 atom stereocenters. The Balaban J connectivity index is 1.38. The molecule has 0 spiro atoms. The molecule has 2 fully saturated rings. The van der Waals surface area contributed by atoms with Gasteiger partial charge in [-0.3, -0.25) is 9.59 Å². The van der Waals surface area contributed by atoms with Crippen LogP contribution in [0.1, 0.15) is 60.0 Å². The molecule has 0 bridgehead atoms. The third kappa shape index (κ3) is 7.76. The van der Waals surface area contributed by atoms with Gasteiger partial charge >= 0.3 is 12.4 Å². The third-order valence-electron chi connectivity index (χ3n) is 7.79. The summed E-state index contributed by atoms with van der Waals surface area (Å²) in [6, 6.07) is 3.53. The van der Waals surface area contributed by atoms with E-state index in [4.69, 9.17) is 4.74 Å². The fraction of sp³-hybridized carbons (Fsp3) is 0.500. The number of aromatic nitrogens is 3. The van der Waals surface area contributed by atoms with Gasteiger partial charge in [0.2, 0.25) is 11.8 Å². The zero-order valence-corrected chi connectivity index (χ0v) is 23.8. The Morgan fingerprint density at radius 2 is 1.74 bits per heavy atom. The van der Waals surface area contributed by atoms with Crippen LogP contribution in [0.25, 0.3) is 11.2 Å². The summed E-state index contributed by atoms with van der Waals surface area (Å²) in [5.41, 5.74) is -3.32. The number of imidazole rings is 1. The number of hydrogen-bond donors (Lipinski definition) is 5. The lowest BCUT2D eigenvalue weighted by Gasteiger charge is -2.30. The molecule has 0 radical (unpaired) electrons. The Morgan fingerprint density at radius 1 is 1.04 bits per heavy atom.